The average Bonchev–Trinajstić information content (AvgIpc) is 2.45. The van der Waals surface area contributed by atoms with Crippen LogP contribution in [0.4, 0.5) is 0 Å². The molecule has 4 heteroatoms. The molecular weight excluding hydrogens is 188 g/mol. The Hall–Kier alpha value is -1.29. The second-order valence-electron chi connectivity index (χ2n) is 2.70. The molecule has 1 aliphatic heterocycles. The minimum atomic E-state index is -1.06. The predicted octanol–water partition coefficient (Wildman–Crippen LogP) is 1.43. The minimum absolute atomic E-state index is 0.298. The molecule has 3 nitrogen and oxygen atoms in total. The van der Waals surface area contributed by atoms with Crippen LogP contribution in [-0.2, 0) is 4.79 Å². The number of hydrogen-bond donors (Lipinski definition) is 1. The standard InChI is InChI=1S/C9H6O3S/c10-7-5-3-1-2-4-6(5)13-8(7)9(11)12/h1-4,8H,(H,11,12)/t8-/m0/s1. The summed E-state index contributed by atoms with van der Waals surface area (Å²) in [6, 6.07) is 6.96. The van der Waals surface area contributed by atoms with Gasteiger partial charge in [0.2, 0.25) is 0 Å². The largest absolute Gasteiger partial charge is 0.480 e. The summed E-state index contributed by atoms with van der Waals surface area (Å²) in [5.74, 6) is -1.36. The Morgan fingerprint density at radius 3 is 2.69 bits per heavy atom. The highest BCUT2D eigenvalue weighted by Gasteiger charge is 2.36. The summed E-state index contributed by atoms with van der Waals surface area (Å²) in [5, 5.41) is 7.77. The number of ketones is 1. The molecule has 0 spiro atoms. The van der Waals surface area contributed by atoms with Crippen LogP contribution in [0, 0.1) is 0 Å². The molecule has 0 saturated carbocycles. The molecule has 1 aromatic rings. The van der Waals surface area contributed by atoms with E-state index >= 15 is 0 Å². The molecule has 0 saturated heterocycles. The van der Waals surface area contributed by atoms with E-state index < -0.39 is 11.2 Å². The smallest absolute Gasteiger partial charge is 0.325 e. The Morgan fingerprint density at radius 2 is 2.08 bits per heavy atom. The SMILES string of the molecule is O=C(O)[C@H]1Sc2ccccc2C1=O. The van der Waals surface area contributed by atoms with Gasteiger partial charge in [0.25, 0.3) is 0 Å². The van der Waals surface area contributed by atoms with Gasteiger partial charge in [-0.1, -0.05) is 18.2 Å². The Bertz CT molecular complexity index is 386. The van der Waals surface area contributed by atoms with Gasteiger partial charge < -0.3 is 5.11 Å². The van der Waals surface area contributed by atoms with E-state index in [2.05, 4.69) is 0 Å². The minimum Gasteiger partial charge on any atom is -0.480 e. The van der Waals surface area contributed by atoms with Crippen LogP contribution in [0.15, 0.2) is 29.2 Å². The van der Waals surface area contributed by atoms with E-state index in [9.17, 15) is 9.59 Å². The van der Waals surface area contributed by atoms with E-state index in [1.165, 1.54) is 0 Å². The average molecular weight is 194 g/mol. The number of Topliss-reactive ketones (excluding diaryl/α,β-unsaturated/α-hetero) is 1. The summed E-state index contributed by atoms with van der Waals surface area (Å²) in [7, 11) is 0. The van der Waals surface area contributed by atoms with Crippen molar-refractivity contribution in [2.75, 3.05) is 0 Å². The van der Waals surface area contributed by atoms with Gasteiger partial charge in [-0.15, -0.1) is 11.8 Å². The third-order valence-electron chi connectivity index (χ3n) is 1.86. The predicted molar refractivity (Wildman–Crippen MR) is 48.1 cm³/mol. The van der Waals surface area contributed by atoms with Gasteiger partial charge in [0, 0.05) is 10.5 Å². The number of hydrogen-bond acceptors (Lipinski definition) is 3. The summed E-state index contributed by atoms with van der Waals surface area (Å²) in [6.45, 7) is 0. The molecular formula is C9H6O3S. The van der Waals surface area contributed by atoms with Crippen LogP contribution in [-0.4, -0.2) is 22.1 Å². The molecule has 1 aliphatic rings. The molecule has 0 amide bonds. The number of carbonyl (C=O) groups is 2. The molecule has 0 aliphatic carbocycles. The molecule has 1 aromatic carbocycles. The first-order chi connectivity index (χ1) is 6.20. The van der Waals surface area contributed by atoms with Crippen LogP contribution in [0.2, 0.25) is 0 Å². The van der Waals surface area contributed by atoms with Crippen molar-refractivity contribution in [3.63, 3.8) is 0 Å². The third-order valence-corrected chi connectivity index (χ3v) is 3.12. The molecule has 0 aromatic heterocycles. The van der Waals surface area contributed by atoms with Crippen molar-refractivity contribution in [3.8, 4) is 0 Å². The molecule has 0 fully saturated rings. The molecule has 13 heavy (non-hydrogen) atoms. The van der Waals surface area contributed by atoms with Crippen LogP contribution < -0.4 is 0 Å². The summed E-state index contributed by atoms with van der Waals surface area (Å²) in [4.78, 5) is 22.8. The van der Waals surface area contributed by atoms with E-state index in [-0.39, 0.29) is 5.78 Å². The fourth-order valence-corrected chi connectivity index (χ4v) is 2.30. The molecule has 0 bridgehead atoms. The quantitative estimate of drug-likeness (QED) is 0.687. The Balaban J connectivity index is 2.44. The van der Waals surface area contributed by atoms with Gasteiger partial charge in [-0.25, -0.2) is 0 Å². The van der Waals surface area contributed by atoms with Crippen molar-refractivity contribution >= 4 is 23.5 Å². The zero-order chi connectivity index (χ0) is 9.42. The second-order valence-corrected chi connectivity index (χ2v) is 3.84. The monoisotopic (exact) mass is 194 g/mol. The summed E-state index contributed by atoms with van der Waals surface area (Å²) in [6.07, 6.45) is 0. The molecule has 66 valence electrons. The number of benzene rings is 1. The van der Waals surface area contributed by atoms with Crippen molar-refractivity contribution in [2.24, 2.45) is 0 Å². The number of aliphatic carboxylic acids is 1. The van der Waals surface area contributed by atoms with Gasteiger partial charge in [0.1, 0.15) is 0 Å². The first-order valence-electron chi connectivity index (χ1n) is 3.73. The first-order valence-corrected chi connectivity index (χ1v) is 4.61. The van der Waals surface area contributed by atoms with E-state index in [1.807, 2.05) is 0 Å². The lowest BCUT2D eigenvalue weighted by Gasteiger charge is -1.97. The van der Waals surface area contributed by atoms with Crippen LogP contribution in [0.5, 0.6) is 0 Å². The van der Waals surface area contributed by atoms with Gasteiger partial charge in [-0.05, 0) is 6.07 Å². The number of carbonyl (C=O) groups excluding carboxylic acids is 1. The fourth-order valence-electron chi connectivity index (χ4n) is 1.26. The fraction of sp³-hybridized carbons (Fsp3) is 0.111. The molecule has 0 unspecified atom stereocenters. The maximum Gasteiger partial charge on any atom is 0.325 e. The maximum atomic E-state index is 11.4. The summed E-state index contributed by atoms with van der Waals surface area (Å²) < 4.78 is 0. The normalized spacial score (nSPS) is 20.0. The van der Waals surface area contributed by atoms with Gasteiger partial charge in [-0.2, -0.15) is 0 Å². The number of thioether (sulfide) groups is 1. The molecule has 1 heterocycles. The lowest BCUT2D eigenvalue weighted by Crippen LogP contribution is -2.22. The number of rotatable bonds is 1. The van der Waals surface area contributed by atoms with Gasteiger partial charge in [0.15, 0.2) is 11.0 Å². The molecule has 1 atom stereocenters. The van der Waals surface area contributed by atoms with Crippen molar-refractivity contribution in [3.05, 3.63) is 29.8 Å². The highest BCUT2D eigenvalue weighted by Crippen LogP contribution is 2.36. The lowest BCUT2D eigenvalue weighted by molar-refractivity contribution is -0.135. The van der Waals surface area contributed by atoms with Gasteiger partial charge >= 0.3 is 5.97 Å². The van der Waals surface area contributed by atoms with Crippen LogP contribution in [0.1, 0.15) is 10.4 Å². The number of fused-ring (bicyclic) bond motifs is 1. The third kappa shape index (κ3) is 1.23. The van der Waals surface area contributed by atoms with Gasteiger partial charge in [0.05, 0.1) is 0 Å². The van der Waals surface area contributed by atoms with E-state index in [0.29, 0.717) is 5.56 Å². The van der Waals surface area contributed by atoms with E-state index in [4.69, 9.17) is 5.11 Å². The topological polar surface area (TPSA) is 54.4 Å². The lowest BCUT2D eigenvalue weighted by atomic mass is 10.1. The van der Waals surface area contributed by atoms with E-state index in [0.717, 1.165) is 16.7 Å². The van der Waals surface area contributed by atoms with Crippen molar-refractivity contribution < 1.29 is 14.7 Å². The van der Waals surface area contributed by atoms with E-state index in [1.54, 1.807) is 24.3 Å². The first kappa shape index (κ1) is 8.31. The highest BCUT2D eigenvalue weighted by atomic mass is 32.2. The van der Waals surface area contributed by atoms with Crippen molar-refractivity contribution in [2.45, 2.75) is 10.1 Å². The number of carboxylic acid groups (broad SMARTS) is 1. The second kappa shape index (κ2) is 2.88. The van der Waals surface area contributed by atoms with Gasteiger partial charge in [-0.3, -0.25) is 9.59 Å². The van der Waals surface area contributed by atoms with Crippen LogP contribution in [0.3, 0.4) is 0 Å². The summed E-state index contributed by atoms with van der Waals surface area (Å²) in [5.41, 5.74) is 0.528. The molecule has 1 N–H and O–H groups in total. The van der Waals surface area contributed by atoms with Crippen LogP contribution in [0.25, 0.3) is 0 Å². The number of carboxylic acids is 1. The van der Waals surface area contributed by atoms with Crippen LogP contribution >= 0.6 is 11.8 Å². The molecule has 0 radical (unpaired) electrons. The zero-order valence-electron chi connectivity index (χ0n) is 6.56. The Labute approximate surface area is 78.8 Å². The zero-order valence-corrected chi connectivity index (χ0v) is 7.38. The summed E-state index contributed by atoms with van der Waals surface area (Å²) >= 11 is 1.10. The maximum absolute atomic E-state index is 11.4. The van der Waals surface area contributed by atoms with Crippen molar-refractivity contribution in [1.29, 1.82) is 0 Å². The highest BCUT2D eigenvalue weighted by molar-refractivity contribution is 8.02. The Kier molecular flexibility index (Phi) is 1.84. The Morgan fingerprint density at radius 1 is 1.38 bits per heavy atom. The van der Waals surface area contributed by atoms with Crippen molar-refractivity contribution in [1.82, 2.24) is 0 Å². The molecule has 2 rings (SSSR count).